The van der Waals surface area contributed by atoms with Crippen LogP contribution in [0.25, 0.3) is 0 Å². The van der Waals surface area contributed by atoms with Gasteiger partial charge >= 0.3 is 0 Å². The number of carbonyl (C=O) groups excluding carboxylic acids is 1. The SMILES string of the molecule is CC1(C)[C@@H]2CC[C@]1(C)[C@@H](NC(=O)c1ccc(F)cc1)C2. The molecule has 2 aliphatic carbocycles. The van der Waals surface area contributed by atoms with Crippen LogP contribution in [0.1, 0.15) is 50.4 Å². The van der Waals surface area contributed by atoms with E-state index in [1.807, 2.05) is 0 Å². The van der Waals surface area contributed by atoms with Crippen molar-refractivity contribution in [2.24, 2.45) is 16.7 Å². The zero-order valence-electron chi connectivity index (χ0n) is 12.4. The molecule has 3 atom stereocenters. The maximum Gasteiger partial charge on any atom is 0.251 e. The molecule has 1 aromatic rings. The van der Waals surface area contributed by atoms with Gasteiger partial charge in [0.25, 0.3) is 5.91 Å². The first-order valence-corrected chi connectivity index (χ1v) is 7.41. The average Bonchev–Trinajstić information content (AvgIpc) is 2.72. The van der Waals surface area contributed by atoms with Gasteiger partial charge in [-0.3, -0.25) is 4.79 Å². The van der Waals surface area contributed by atoms with Crippen molar-refractivity contribution in [3.63, 3.8) is 0 Å². The second-order valence-electron chi connectivity index (χ2n) is 7.14. The number of nitrogens with one attached hydrogen (secondary N) is 1. The van der Waals surface area contributed by atoms with Gasteiger partial charge in [0.15, 0.2) is 0 Å². The first-order valence-electron chi connectivity index (χ1n) is 7.41. The van der Waals surface area contributed by atoms with Crippen molar-refractivity contribution in [2.45, 2.75) is 46.1 Å². The molecule has 2 fully saturated rings. The number of fused-ring (bicyclic) bond motifs is 2. The fourth-order valence-electron chi connectivity index (χ4n) is 4.26. The highest BCUT2D eigenvalue weighted by atomic mass is 19.1. The number of benzene rings is 1. The largest absolute Gasteiger partial charge is 0.349 e. The maximum absolute atomic E-state index is 12.9. The van der Waals surface area contributed by atoms with Gasteiger partial charge in [-0.05, 0) is 60.3 Å². The third-order valence-corrected chi connectivity index (χ3v) is 6.21. The second-order valence-corrected chi connectivity index (χ2v) is 7.14. The van der Waals surface area contributed by atoms with E-state index < -0.39 is 0 Å². The fourth-order valence-corrected chi connectivity index (χ4v) is 4.26. The van der Waals surface area contributed by atoms with Gasteiger partial charge in [0.1, 0.15) is 5.82 Å². The molecular weight excluding hydrogens is 253 g/mol. The van der Waals surface area contributed by atoms with Crippen molar-refractivity contribution >= 4 is 5.91 Å². The van der Waals surface area contributed by atoms with Crippen molar-refractivity contribution in [3.8, 4) is 0 Å². The summed E-state index contributed by atoms with van der Waals surface area (Å²) in [5.41, 5.74) is 0.997. The Balaban J connectivity index is 1.76. The second kappa shape index (κ2) is 4.31. The first kappa shape index (κ1) is 13.6. The lowest BCUT2D eigenvalue weighted by Crippen LogP contribution is -2.46. The molecule has 108 valence electrons. The van der Waals surface area contributed by atoms with Crippen LogP contribution in [-0.4, -0.2) is 11.9 Å². The molecule has 20 heavy (non-hydrogen) atoms. The summed E-state index contributed by atoms with van der Waals surface area (Å²) in [7, 11) is 0. The summed E-state index contributed by atoms with van der Waals surface area (Å²) in [6.07, 6.45) is 3.52. The fraction of sp³-hybridized carbons (Fsp3) is 0.588. The molecule has 0 saturated heterocycles. The molecule has 0 radical (unpaired) electrons. The minimum atomic E-state index is -0.311. The number of halogens is 1. The van der Waals surface area contributed by atoms with Gasteiger partial charge in [-0.2, -0.15) is 0 Å². The molecule has 0 heterocycles. The van der Waals surface area contributed by atoms with Gasteiger partial charge < -0.3 is 5.32 Å². The Bertz CT molecular complexity index is 536. The van der Waals surface area contributed by atoms with Crippen LogP contribution in [0.3, 0.4) is 0 Å². The molecular formula is C17H22FNO. The Labute approximate surface area is 119 Å². The highest BCUT2D eigenvalue weighted by molar-refractivity contribution is 5.94. The van der Waals surface area contributed by atoms with E-state index in [4.69, 9.17) is 0 Å². The molecule has 2 bridgehead atoms. The van der Waals surface area contributed by atoms with Crippen LogP contribution in [-0.2, 0) is 0 Å². The van der Waals surface area contributed by atoms with Crippen LogP contribution >= 0.6 is 0 Å². The van der Waals surface area contributed by atoms with Crippen molar-refractivity contribution in [1.29, 1.82) is 0 Å². The van der Waals surface area contributed by atoms with Crippen LogP contribution in [0, 0.1) is 22.6 Å². The Morgan fingerprint density at radius 3 is 2.40 bits per heavy atom. The van der Waals surface area contributed by atoms with Crippen LogP contribution in [0.5, 0.6) is 0 Å². The molecule has 0 spiro atoms. The smallest absolute Gasteiger partial charge is 0.251 e. The lowest BCUT2D eigenvalue weighted by Gasteiger charge is -2.39. The first-order chi connectivity index (χ1) is 9.34. The third kappa shape index (κ3) is 1.79. The number of amides is 1. The van der Waals surface area contributed by atoms with E-state index in [1.54, 1.807) is 12.1 Å². The molecule has 2 nitrogen and oxygen atoms in total. The summed E-state index contributed by atoms with van der Waals surface area (Å²) in [4.78, 5) is 12.3. The predicted octanol–water partition coefficient (Wildman–Crippen LogP) is 3.77. The number of rotatable bonds is 2. The summed E-state index contributed by atoms with van der Waals surface area (Å²) < 4.78 is 12.9. The monoisotopic (exact) mass is 275 g/mol. The van der Waals surface area contributed by atoms with E-state index in [9.17, 15) is 9.18 Å². The predicted molar refractivity (Wildman–Crippen MR) is 76.9 cm³/mol. The molecule has 3 rings (SSSR count). The van der Waals surface area contributed by atoms with Crippen molar-refractivity contribution in [2.75, 3.05) is 0 Å². The number of hydrogen-bond acceptors (Lipinski definition) is 1. The summed E-state index contributed by atoms with van der Waals surface area (Å²) in [6, 6.07) is 5.99. The van der Waals surface area contributed by atoms with E-state index >= 15 is 0 Å². The summed E-state index contributed by atoms with van der Waals surface area (Å²) in [5, 5.41) is 3.18. The minimum Gasteiger partial charge on any atom is -0.349 e. The molecule has 1 aromatic carbocycles. The van der Waals surface area contributed by atoms with Gasteiger partial charge in [-0.1, -0.05) is 20.8 Å². The zero-order valence-corrected chi connectivity index (χ0v) is 12.4. The van der Waals surface area contributed by atoms with Gasteiger partial charge in [-0.25, -0.2) is 4.39 Å². The Kier molecular flexibility index (Phi) is 2.93. The number of carbonyl (C=O) groups is 1. The van der Waals surface area contributed by atoms with E-state index in [0.717, 1.165) is 6.42 Å². The average molecular weight is 275 g/mol. The Morgan fingerprint density at radius 1 is 1.25 bits per heavy atom. The van der Waals surface area contributed by atoms with Gasteiger partial charge in [0, 0.05) is 11.6 Å². The lowest BCUT2D eigenvalue weighted by molar-refractivity contribution is 0.0826. The normalized spacial score (nSPS) is 34.2. The Morgan fingerprint density at radius 2 is 1.90 bits per heavy atom. The number of hydrogen-bond donors (Lipinski definition) is 1. The third-order valence-electron chi connectivity index (χ3n) is 6.21. The van der Waals surface area contributed by atoms with E-state index in [1.165, 1.54) is 25.0 Å². The standard InChI is InChI=1S/C17H22FNO/c1-16(2)12-8-9-17(16,3)14(10-12)19-15(20)11-4-6-13(18)7-5-11/h4-7,12,14H,8-10H2,1-3H3,(H,19,20)/t12-,14+,17-/m1/s1. The topological polar surface area (TPSA) is 29.1 Å². The quantitative estimate of drug-likeness (QED) is 0.874. The molecule has 1 amide bonds. The molecule has 1 N–H and O–H groups in total. The van der Waals surface area contributed by atoms with Crippen molar-refractivity contribution in [1.82, 2.24) is 5.32 Å². The molecule has 2 aliphatic rings. The van der Waals surface area contributed by atoms with Crippen molar-refractivity contribution in [3.05, 3.63) is 35.6 Å². The van der Waals surface area contributed by atoms with E-state index in [2.05, 4.69) is 26.1 Å². The van der Waals surface area contributed by atoms with E-state index in [0.29, 0.717) is 11.5 Å². The Hall–Kier alpha value is -1.38. The van der Waals surface area contributed by atoms with Gasteiger partial charge in [0.2, 0.25) is 0 Å². The zero-order chi connectivity index (χ0) is 14.5. The summed E-state index contributed by atoms with van der Waals surface area (Å²) >= 11 is 0. The van der Waals surface area contributed by atoms with Crippen LogP contribution < -0.4 is 5.32 Å². The molecule has 2 saturated carbocycles. The molecule has 0 aliphatic heterocycles. The molecule has 0 unspecified atom stereocenters. The highest BCUT2D eigenvalue weighted by Gasteiger charge is 2.61. The van der Waals surface area contributed by atoms with E-state index in [-0.39, 0.29) is 28.6 Å². The van der Waals surface area contributed by atoms with Crippen LogP contribution in [0.4, 0.5) is 4.39 Å². The van der Waals surface area contributed by atoms with Crippen molar-refractivity contribution < 1.29 is 9.18 Å². The minimum absolute atomic E-state index is 0.0837. The van der Waals surface area contributed by atoms with Crippen LogP contribution in [0.2, 0.25) is 0 Å². The van der Waals surface area contributed by atoms with Crippen LogP contribution in [0.15, 0.2) is 24.3 Å². The summed E-state index contributed by atoms with van der Waals surface area (Å²) in [6.45, 7) is 6.96. The van der Waals surface area contributed by atoms with Gasteiger partial charge in [-0.15, -0.1) is 0 Å². The lowest BCUT2D eigenvalue weighted by atomic mass is 9.69. The molecule has 0 aromatic heterocycles. The maximum atomic E-state index is 12.9. The molecule has 3 heteroatoms. The highest BCUT2D eigenvalue weighted by Crippen LogP contribution is 2.65. The summed E-state index contributed by atoms with van der Waals surface area (Å²) in [5.74, 6) is 0.306. The van der Waals surface area contributed by atoms with Gasteiger partial charge in [0.05, 0.1) is 0 Å².